The Morgan fingerprint density at radius 2 is 2.07 bits per heavy atom. The van der Waals surface area contributed by atoms with Crippen LogP contribution in [0.5, 0.6) is 0 Å². The third-order valence-corrected chi connectivity index (χ3v) is 2.37. The van der Waals surface area contributed by atoms with Gasteiger partial charge < -0.3 is 11.1 Å². The highest BCUT2D eigenvalue weighted by molar-refractivity contribution is 5.52. The fourth-order valence-electron chi connectivity index (χ4n) is 1.44. The van der Waals surface area contributed by atoms with E-state index in [1.54, 1.807) is 13.8 Å². The Morgan fingerprint density at radius 3 is 2.53 bits per heavy atom. The lowest BCUT2D eigenvalue weighted by Crippen LogP contribution is -2.14. The molecule has 0 heterocycles. The summed E-state index contributed by atoms with van der Waals surface area (Å²) in [5.41, 5.74) is 6.90. The summed E-state index contributed by atoms with van der Waals surface area (Å²) in [5, 5.41) is 3.19. The molecule has 84 valence electrons. The molecule has 0 radical (unpaired) electrons. The van der Waals surface area contributed by atoms with Gasteiger partial charge in [-0.2, -0.15) is 0 Å². The fraction of sp³-hybridized carbons (Fsp3) is 0.500. The van der Waals surface area contributed by atoms with Crippen molar-refractivity contribution in [1.29, 1.82) is 0 Å². The first-order valence-corrected chi connectivity index (χ1v) is 5.19. The van der Waals surface area contributed by atoms with Crippen molar-refractivity contribution >= 4 is 5.69 Å². The van der Waals surface area contributed by atoms with Gasteiger partial charge >= 0.3 is 0 Å². The zero-order valence-electron chi connectivity index (χ0n) is 9.60. The molecule has 0 spiro atoms. The number of rotatable bonds is 4. The Kier molecular flexibility index (Phi) is 3.69. The van der Waals surface area contributed by atoms with E-state index in [-0.39, 0.29) is 0 Å². The second-order valence-corrected chi connectivity index (χ2v) is 4.22. The third kappa shape index (κ3) is 3.20. The average Bonchev–Trinajstić information content (AvgIpc) is 2.14. The second-order valence-electron chi connectivity index (χ2n) is 4.22. The molecule has 0 saturated carbocycles. The van der Waals surface area contributed by atoms with Crippen LogP contribution in [0, 0.1) is 6.92 Å². The first kappa shape index (κ1) is 12.0. The summed E-state index contributed by atoms with van der Waals surface area (Å²) in [5.74, 6) is 0. The lowest BCUT2D eigenvalue weighted by Gasteiger charge is -2.17. The summed E-state index contributed by atoms with van der Waals surface area (Å²) < 4.78 is 13.6. The number of aryl methyl sites for hydroxylation is 1. The molecule has 0 fully saturated rings. The Labute approximate surface area is 90.7 Å². The van der Waals surface area contributed by atoms with Gasteiger partial charge in [-0.15, -0.1) is 0 Å². The van der Waals surface area contributed by atoms with Crippen molar-refractivity contribution < 1.29 is 4.39 Å². The Hall–Kier alpha value is -1.09. The van der Waals surface area contributed by atoms with E-state index in [0.717, 1.165) is 17.8 Å². The summed E-state index contributed by atoms with van der Waals surface area (Å²) in [6.07, 6.45) is 0. The molecule has 0 aromatic heterocycles. The number of hydrogen-bond acceptors (Lipinski definition) is 2. The van der Waals surface area contributed by atoms with E-state index < -0.39 is 5.67 Å². The minimum atomic E-state index is -1.28. The molecule has 0 aliphatic heterocycles. The zero-order chi connectivity index (χ0) is 11.5. The van der Waals surface area contributed by atoms with Gasteiger partial charge in [0.25, 0.3) is 0 Å². The largest absolute Gasteiger partial charge is 0.384 e. The molecule has 1 aromatic rings. The van der Waals surface area contributed by atoms with Crippen LogP contribution in [-0.4, -0.2) is 13.1 Å². The van der Waals surface area contributed by atoms with Crippen LogP contribution in [0.2, 0.25) is 0 Å². The van der Waals surface area contributed by atoms with E-state index >= 15 is 0 Å². The predicted octanol–water partition coefficient (Wildman–Crippen LogP) is 2.57. The van der Waals surface area contributed by atoms with Crippen molar-refractivity contribution in [3.05, 3.63) is 29.3 Å². The molecule has 3 N–H and O–H groups in total. The van der Waals surface area contributed by atoms with Gasteiger partial charge in [0.2, 0.25) is 0 Å². The van der Waals surface area contributed by atoms with Crippen molar-refractivity contribution in [3.63, 3.8) is 0 Å². The molecule has 1 aromatic carbocycles. The van der Waals surface area contributed by atoms with Gasteiger partial charge in [0, 0.05) is 18.8 Å². The van der Waals surface area contributed by atoms with Gasteiger partial charge in [0.05, 0.1) is 0 Å². The van der Waals surface area contributed by atoms with Gasteiger partial charge in [-0.05, 0) is 38.0 Å². The van der Waals surface area contributed by atoms with E-state index in [2.05, 4.69) is 5.32 Å². The Bertz CT molecular complexity index is 329. The summed E-state index contributed by atoms with van der Waals surface area (Å²) in [7, 11) is 0. The molecule has 2 nitrogen and oxygen atoms in total. The summed E-state index contributed by atoms with van der Waals surface area (Å²) in [6.45, 7) is 6.42. The van der Waals surface area contributed by atoms with E-state index in [1.165, 1.54) is 0 Å². The summed E-state index contributed by atoms with van der Waals surface area (Å²) in [4.78, 5) is 0. The normalized spacial score (nSPS) is 11.5. The highest BCUT2D eigenvalue weighted by Crippen LogP contribution is 2.27. The molecular weight excluding hydrogens is 191 g/mol. The van der Waals surface area contributed by atoms with Crippen LogP contribution in [0.25, 0.3) is 0 Å². The second kappa shape index (κ2) is 4.62. The lowest BCUT2D eigenvalue weighted by molar-refractivity contribution is 0.221. The maximum absolute atomic E-state index is 13.6. The molecule has 1 rings (SSSR count). The SMILES string of the molecule is Cc1cc(C(C)(C)F)ccc1NCCN. The molecule has 15 heavy (non-hydrogen) atoms. The number of anilines is 1. The van der Waals surface area contributed by atoms with Crippen molar-refractivity contribution in [2.45, 2.75) is 26.4 Å². The first-order valence-electron chi connectivity index (χ1n) is 5.19. The van der Waals surface area contributed by atoms with Crippen LogP contribution in [0.3, 0.4) is 0 Å². The summed E-state index contributed by atoms with van der Waals surface area (Å²) >= 11 is 0. The molecule has 3 heteroatoms. The maximum atomic E-state index is 13.6. The first-order chi connectivity index (χ1) is 6.95. The predicted molar refractivity (Wildman–Crippen MR) is 62.9 cm³/mol. The number of hydrogen-bond donors (Lipinski definition) is 2. The fourth-order valence-corrected chi connectivity index (χ4v) is 1.44. The average molecular weight is 210 g/mol. The monoisotopic (exact) mass is 210 g/mol. The van der Waals surface area contributed by atoms with Crippen LogP contribution < -0.4 is 11.1 Å². The molecule has 0 aliphatic carbocycles. The van der Waals surface area contributed by atoms with E-state index in [4.69, 9.17) is 5.73 Å². The topological polar surface area (TPSA) is 38.0 Å². The van der Waals surface area contributed by atoms with Crippen LogP contribution in [0.15, 0.2) is 18.2 Å². The molecule has 0 amide bonds. The quantitative estimate of drug-likeness (QED) is 0.801. The van der Waals surface area contributed by atoms with Crippen molar-refractivity contribution in [2.75, 3.05) is 18.4 Å². The molecule has 0 saturated heterocycles. The Balaban J connectivity index is 2.88. The number of nitrogens with two attached hydrogens (primary N) is 1. The number of halogens is 1. The molecule has 0 unspecified atom stereocenters. The van der Waals surface area contributed by atoms with Crippen LogP contribution >= 0.6 is 0 Å². The third-order valence-electron chi connectivity index (χ3n) is 2.37. The highest BCUT2D eigenvalue weighted by Gasteiger charge is 2.18. The van der Waals surface area contributed by atoms with Crippen LogP contribution in [0.4, 0.5) is 10.1 Å². The standard InChI is InChI=1S/C12H19FN2/c1-9-8-10(12(2,3)13)4-5-11(9)15-7-6-14/h4-5,8,15H,6-7,14H2,1-3H3. The molecular formula is C12H19FN2. The molecule has 0 atom stereocenters. The van der Waals surface area contributed by atoms with Crippen molar-refractivity contribution in [1.82, 2.24) is 0 Å². The van der Waals surface area contributed by atoms with Gasteiger partial charge in [-0.25, -0.2) is 4.39 Å². The highest BCUT2D eigenvalue weighted by atomic mass is 19.1. The van der Waals surface area contributed by atoms with E-state index in [1.807, 2.05) is 25.1 Å². The minimum Gasteiger partial charge on any atom is -0.384 e. The van der Waals surface area contributed by atoms with Gasteiger partial charge in [-0.1, -0.05) is 12.1 Å². The van der Waals surface area contributed by atoms with Crippen molar-refractivity contribution in [3.8, 4) is 0 Å². The van der Waals surface area contributed by atoms with Crippen molar-refractivity contribution in [2.24, 2.45) is 5.73 Å². The zero-order valence-corrected chi connectivity index (χ0v) is 9.60. The molecule has 0 bridgehead atoms. The van der Waals surface area contributed by atoms with E-state index in [0.29, 0.717) is 12.1 Å². The van der Waals surface area contributed by atoms with Gasteiger partial charge in [0.15, 0.2) is 0 Å². The van der Waals surface area contributed by atoms with Crippen LogP contribution in [-0.2, 0) is 5.67 Å². The smallest absolute Gasteiger partial charge is 0.130 e. The molecule has 0 aliphatic rings. The van der Waals surface area contributed by atoms with Gasteiger partial charge in [0.1, 0.15) is 5.67 Å². The lowest BCUT2D eigenvalue weighted by atomic mass is 9.97. The van der Waals surface area contributed by atoms with Crippen LogP contribution in [0.1, 0.15) is 25.0 Å². The number of nitrogens with one attached hydrogen (secondary N) is 1. The minimum absolute atomic E-state index is 0.593. The van der Waals surface area contributed by atoms with Gasteiger partial charge in [-0.3, -0.25) is 0 Å². The number of alkyl halides is 1. The van der Waals surface area contributed by atoms with E-state index in [9.17, 15) is 4.39 Å². The number of benzene rings is 1. The Morgan fingerprint density at radius 1 is 1.40 bits per heavy atom. The summed E-state index contributed by atoms with van der Waals surface area (Å²) in [6, 6.07) is 5.59. The maximum Gasteiger partial charge on any atom is 0.130 e.